The van der Waals surface area contributed by atoms with Gasteiger partial charge in [-0.15, -0.1) is 0 Å². The highest BCUT2D eigenvalue weighted by Gasteiger charge is 2.49. The summed E-state index contributed by atoms with van der Waals surface area (Å²) in [6.07, 6.45) is 0.555. The highest BCUT2D eigenvalue weighted by molar-refractivity contribution is 9.10. The topological polar surface area (TPSA) is 104 Å². The molecular formula is C28H39BrFN7O4. The van der Waals surface area contributed by atoms with Crippen LogP contribution in [0.4, 0.5) is 27.4 Å². The Kier molecular flexibility index (Phi) is 9.59. The molecule has 224 valence electrons. The van der Waals surface area contributed by atoms with Gasteiger partial charge in [-0.25, -0.2) is 9.37 Å². The minimum atomic E-state index is -1.15. The van der Waals surface area contributed by atoms with Gasteiger partial charge < -0.3 is 39.5 Å². The van der Waals surface area contributed by atoms with Crippen molar-refractivity contribution in [2.45, 2.75) is 37.3 Å². The zero-order valence-corrected chi connectivity index (χ0v) is 25.6. The number of hydrogen-bond acceptors (Lipinski definition) is 10. The maximum Gasteiger partial charge on any atom is 0.233 e. The third-order valence-corrected chi connectivity index (χ3v) is 8.36. The number of carbonyl (C=O) groups excluding carboxylic acids is 1. The first-order valence-electron chi connectivity index (χ1n) is 14.0. The second-order valence-corrected chi connectivity index (χ2v) is 12.1. The molecule has 3 aliphatic heterocycles. The first kappa shape index (κ1) is 29.9. The number of alkyl halides is 1. The van der Waals surface area contributed by atoms with Crippen molar-refractivity contribution in [3.63, 3.8) is 0 Å². The molecular weight excluding hydrogens is 597 g/mol. The van der Waals surface area contributed by atoms with Crippen LogP contribution in [-0.2, 0) is 14.3 Å². The number of anilines is 4. The zero-order valence-electron chi connectivity index (χ0n) is 24.0. The number of fused-ring (bicyclic) bond motifs is 1. The summed E-state index contributed by atoms with van der Waals surface area (Å²) in [4.78, 5) is 28.7. The van der Waals surface area contributed by atoms with Gasteiger partial charge in [0.2, 0.25) is 17.7 Å². The number of rotatable bonds is 10. The number of nitrogens with zero attached hydrogens (tertiary/aromatic N) is 5. The Morgan fingerprint density at radius 3 is 2.68 bits per heavy atom. The van der Waals surface area contributed by atoms with E-state index in [4.69, 9.17) is 14.2 Å². The lowest BCUT2D eigenvalue weighted by molar-refractivity contribution is -0.121. The quantitative estimate of drug-likeness (QED) is 0.405. The standard InChI is InChI=1S/C28H39BrFN7O4/c1-35(2)11-12-37(4)22-6-5-18(13-21(22)33-26(38)17-7-9-36(3)10-8-17)32-28-31-14-19(29)27(34-28)41-23-16-40-24-20(30)15-39-25(23)24/h5-6,13-14,17,20,23-25H,7-12,15-16H2,1-4H3,(H,33,38)(H,31,32,34)/t20-,23+,24+,25+/m0/s1. The number of nitrogens with one attached hydrogen (secondary N) is 2. The Bertz CT molecular complexity index is 1220. The second-order valence-electron chi connectivity index (χ2n) is 11.3. The molecule has 2 aromatic rings. The summed E-state index contributed by atoms with van der Waals surface area (Å²) in [7, 11) is 8.18. The van der Waals surface area contributed by atoms with E-state index in [0.717, 1.165) is 50.4 Å². The third kappa shape index (κ3) is 7.26. The van der Waals surface area contributed by atoms with Crippen LogP contribution >= 0.6 is 15.9 Å². The predicted octanol–water partition coefficient (Wildman–Crippen LogP) is 3.14. The van der Waals surface area contributed by atoms with E-state index in [-0.39, 0.29) is 25.0 Å². The fourth-order valence-electron chi connectivity index (χ4n) is 5.31. The van der Waals surface area contributed by atoms with Crippen LogP contribution in [0.3, 0.4) is 0 Å². The monoisotopic (exact) mass is 635 g/mol. The van der Waals surface area contributed by atoms with Crippen LogP contribution in [0.1, 0.15) is 12.8 Å². The Balaban J connectivity index is 1.32. The van der Waals surface area contributed by atoms with Crippen molar-refractivity contribution in [2.75, 3.05) is 83.1 Å². The molecule has 5 rings (SSSR count). The van der Waals surface area contributed by atoms with Gasteiger partial charge >= 0.3 is 0 Å². The van der Waals surface area contributed by atoms with Crippen molar-refractivity contribution in [3.8, 4) is 5.88 Å². The minimum Gasteiger partial charge on any atom is -0.468 e. The molecule has 1 aromatic carbocycles. The number of ether oxygens (including phenoxy) is 3. The maximum atomic E-state index is 14.0. The summed E-state index contributed by atoms with van der Waals surface area (Å²) in [5, 5.41) is 6.43. The molecule has 0 unspecified atom stereocenters. The first-order chi connectivity index (χ1) is 19.7. The molecule has 4 atom stereocenters. The number of carbonyl (C=O) groups is 1. The molecule has 4 heterocycles. The van der Waals surface area contributed by atoms with E-state index in [0.29, 0.717) is 22.0 Å². The summed E-state index contributed by atoms with van der Waals surface area (Å²) in [5.74, 6) is 0.636. The largest absolute Gasteiger partial charge is 0.468 e. The lowest BCUT2D eigenvalue weighted by Gasteiger charge is -2.29. The summed E-state index contributed by atoms with van der Waals surface area (Å²) in [6, 6.07) is 5.82. The van der Waals surface area contributed by atoms with E-state index in [1.54, 1.807) is 6.20 Å². The molecule has 2 N–H and O–H groups in total. The SMILES string of the molecule is CN(C)CCN(C)c1ccc(Nc2ncc(Br)c(O[C@@H]3CO[C@H]4[C@@H]3OC[C@@H]4F)n2)cc1NC(=O)C1CCN(C)CC1. The molecule has 1 aromatic heterocycles. The molecule has 13 heteroatoms. The first-order valence-corrected chi connectivity index (χ1v) is 14.8. The van der Waals surface area contributed by atoms with Crippen LogP contribution in [0.25, 0.3) is 0 Å². The van der Waals surface area contributed by atoms with Crippen LogP contribution in [0.5, 0.6) is 5.88 Å². The molecule has 11 nitrogen and oxygen atoms in total. The van der Waals surface area contributed by atoms with Gasteiger partial charge in [-0.3, -0.25) is 4.79 Å². The Labute approximate surface area is 248 Å². The van der Waals surface area contributed by atoms with Crippen LogP contribution in [-0.4, -0.2) is 118 Å². The molecule has 0 spiro atoms. The fourth-order valence-corrected chi connectivity index (χ4v) is 5.59. The van der Waals surface area contributed by atoms with E-state index < -0.39 is 24.5 Å². The second kappa shape index (κ2) is 13.2. The van der Waals surface area contributed by atoms with Crippen molar-refractivity contribution in [3.05, 3.63) is 28.9 Å². The smallest absolute Gasteiger partial charge is 0.233 e. The lowest BCUT2D eigenvalue weighted by Crippen LogP contribution is -2.36. The van der Waals surface area contributed by atoms with Crippen molar-refractivity contribution in [1.82, 2.24) is 19.8 Å². The number of piperidine rings is 1. The van der Waals surface area contributed by atoms with Gasteiger partial charge in [0.05, 0.1) is 35.3 Å². The van der Waals surface area contributed by atoms with E-state index in [1.165, 1.54) is 0 Å². The normalized spacial score (nSPS) is 24.9. The summed E-state index contributed by atoms with van der Waals surface area (Å²) in [5.41, 5.74) is 2.37. The molecule has 0 saturated carbocycles. The molecule has 0 radical (unpaired) electrons. The average Bonchev–Trinajstić information content (AvgIpc) is 3.52. The number of benzene rings is 1. The van der Waals surface area contributed by atoms with Crippen molar-refractivity contribution in [2.24, 2.45) is 5.92 Å². The van der Waals surface area contributed by atoms with Gasteiger partial charge in [0.25, 0.3) is 0 Å². The molecule has 41 heavy (non-hydrogen) atoms. The van der Waals surface area contributed by atoms with Gasteiger partial charge in [0, 0.05) is 31.7 Å². The summed E-state index contributed by atoms with van der Waals surface area (Å²) < 4.78 is 31.7. The van der Waals surface area contributed by atoms with E-state index in [1.807, 2.05) is 39.3 Å². The fraction of sp³-hybridized carbons (Fsp3) is 0.607. The van der Waals surface area contributed by atoms with Gasteiger partial charge in [0.15, 0.2) is 12.3 Å². The van der Waals surface area contributed by atoms with Gasteiger partial charge in [-0.05, 0) is 81.2 Å². The van der Waals surface area contributed by atoms with Crippen LogP contribution in [0.2, 0.25) is 0 Å². The maximum absolute atomic E-state index is 14.0. The zero-order chi connectivity index (χ0) is 29.1. The lowest BCUT2D eigenvalue weighted by atomic mass is 9.96. The molecule has 3 fully saturated rings. The number of likely N-dealkylation sites (N-methyl/N-ethyl adjacent to an activating group) is 2. The highest BCUT2D eigenvalue weighted by atomic mass is 79.9. The van der Waals surface area contributed by atoms with Crippen molar-refractivity contribution >= 4 is 44.8 Å². The highest BCUT2D eigenvalue weighted by Crippen LogP contribution is 2.34. The van der Waals surface area contributed by atoms with Gasteiger partial charge in [-0.1, -0.05) is 0 Å². The number of likely N-dealkylation sites (tertiary alicyclic amines) is 1. The van der Waals surface area contributed by atoms with Crippen molar-refractivity contribution in [1.29, 1.82) is 0 Å². The van der Waals surface area contributed by atoms with E-state index in [2.05, 4.69) is 58.3 Å². The Hall–Kier alpha value is -2.58. The molecule has 0 aliphatic carbocycles. The molecule has 3 saturated heterocycles. The number of halogens is 2. The van der Waals surface area contributed by atoms with Crippen molar-refractivity contribution < 1.29 is 23.4 Å². The average molecular weight is 637 g/mol. The van der Waals surface area contributed by atoms with Crippen LogP contribution < -0.4 is 20.3 Å². The number of aromatic nitrogens is 2. The molecule has 3 aliphatic rings. The predicted molar refractivity (Wildman–Crippen MR) is 159 cm³/mol. The van der Waals surface area contributed by atoms with Gasteiger partial charge in [0.1, 0.15) is 12.2 Å². The summed E-state index contributed by atoms with van der Waals surface area (Å²) >= 11 is 3.45. The molecule has 1 amide bonds. The minimum absolute atomic E-state index is 0.00391. The van der Waals surface area contributed by atoms with E-state index in [9.17, 15) is 9.18 Å². The third-order valence-electron chi connectivity index (χ3n) is 7.82. The Morgan fingerprint density at radius 2 is 1.93 bits per heavy atom. The van der Waals surface area contributed by atoms with Gasteiger partial charge in [-0.2, -0.15) is 4.98 Å². The van der Waals surface area contributed by atoms with E-state index >= 15 is 0 Å². The van der Waals surface area contributed by atoms with Crippen LogP contribution in [0.15, 0.2) is 28.9 Å². The number of hydrogen-bond donors (Lipinski definition) is 2. The molecule has 0 bridgehead atoms. The number of amides is 1. The van der Waals surface area contributed by atoms with Crippen LogP contribution in [0, 0.1) is 5.92 Å². The Morgan fingerprint density at radius 1 is 1.17 bits per heavy atom. The summed E-state index contributed by atoms with van der Waals surface area (Å²) in [6.45, 7) is 3.72.